The summed E-state index contributed by atoms with van der Waals surface area (Å²) in [5, 5.41) is 14.5. The number of likely N-dealkylation sites (tertiary alicyclic amines) is 1. The van der Waals surface area contributed by atoms with Crippen molar-refractivity contribution in [1.82, 2.24) is 25.1 Å². The number of likely N-dealkylation sites (N-methyl/N-ethyl adjacent to an activating group) is 1. The van der Waals surface area contributed by atoms with Gasteiger partial charge in [-0.3, -0.25) is 9.59 Å². The van der Waals surface area contributed by atoms with Gasteiger partial charge in [-0.2, -0.15) is 5.26 Å². The molecule has 0 aliphatic carbocycles. The first-order valence-electron chi connectivity index (χ1n) is 12.7. The SMILES string of the molecule is CNc1nc(N)c(Cl)nc1C(=O)NC1CCCN(CCCc2ccc(OCC(=O)N(C)CCC#N)cc2)C1. The van der Waals surface area contributed by atoms with Crippen molar-refractivity contribution in [1.29, 1.82) is 5.26 Å². The molecule has 2 aromatic rings. The van der Waals surface area contributed by atoms with Crippen LogP contribution in [0.4, 0.5) is 11.6 Å². The van der Waals surface area contributed by atoms with Crippen LogP contribution in [0.1, 0.15) is 41.7 Å². The second kappa shape index (κ2) is 14.4. The van der Waals surface area contributed by atoms with Crippen LogP contribution in [-0.2, 0) is 11.2 Å². The number of rotatable bonds is 12. The molecule has 0 saturated carbocycles. The van der Waals surface area contributed by atoms with Crippen LogP contribution in [-0.4, -0.2) is 84.5 Å². The number of carbonyl (C=O) groups is 2. The molecule has 204 valence electrons. The van der Waals surface area contributed by atoms with E-state index < -0.39 is 0 Å². The lowest BCUT2D eigenvalue weighted by Gasteiger charge is -2.33. The van der Waals surface area contributed by atoms with Crippen LogP contribution in [0.15, 0.2) is 24.3 Å². The fraction of sp³-hybridized carbons (Fsp3) is 0.500. The molecule has 1 fully saturated rings. The van der Waals surface area contributed by atoms with E-state index in [1.165, 1.54) is 10.5 Å². The fourth-order valence-corrected chi connectivity index (χ4v) is 4.37. The van der Waals surface area contributed by atoms with Crippen LogP contribution in [0.2, 0.25) is 5.15 Å². The van der Waals surface area contributed by atoms with Crippen molar-refractivity contribution in [2.45, 2.75) is 38.1 Å². The van der Waals surface area contributed by atoms with Gasteiger partial charge < -0.3 is 30.9 Å². The quantitative estimate of drug-likeness (QED) is 0.367. The average Bonchev–Trinajstić information content (AvgIpc) is 2.92. The van der Waals surface area contributed by atoms with Crippen molar-refractivity contribution in [2.24, 2.45) is 0 Å². The summed E-state index contributed by atoms with van der Waals surface area (Å²) in [6.45, 7) is 3.02. The van der Waals surface area contributed by atoms with E-state index in [4.69, 9.17) is 27.3 Å². The Balaban J connectivity index is 1.41. The third-order valence-electron chi connectivity index (χ3n) is 6.38. The molecule has 0 bridgehead atoms. The molecule has 0 radical (unpaired) electrons. The molecule has 1 atom stereocenters. The van der Waals surface area contributed by atoms with Gasteiger partial charge in [-0.05, 0) is 56.5 Å². The molecule has 38 heavy (non-hydrogen) atoms. The standard InChI is InChI=1S/C26H35ClN8O3/c1-30-25-22(32-23(27)24(29)33-25)26(37)31-19-7-4-15-35(16-19)14-3-6-18-8-10-20(11-9-18)38-17-21(36)34(2)13-5-12-28/h8-11,19H,3-7,13-17H2,1-2H3,(H,31,37)(H3,29,30,33). The number of hydrogen-bond donors (Lipinski definition) is 3. The molecule has 1 aliphatic rings. The summed E-state index contributed by atoms with van der Waals surface area (Å²) in [6, 6.07) is 9.80. The summed E-state index contributed by atoms with van der Waals surface area (Å²) in [7, 11) is 3.31. The molecular weight excluding hydrogens is 508 g/mol. The molecule has 12 heteroatoms. The van der Waals surface area contributed by atoms with Crippen LogP contribution in [0, 0.1) is 11.3 Å². The van der Waals surface area contributed by atoms with Gasteiger partial charge >= 0.3 is 0 Å². The number of hydrogen-bond acceptors (Lipinski definition) is 9. The normalized spacial score (nSPS) is 15.4. The number of nitrogens with one attached hydrogen (secondary N) is 2. The fourth-order valence-electron chi connectivity index (χ4n) is 4.25. The van der Waals surface area contributed by atoms with E-state index >= 15 is 0 Å². The highest BCUT2D eigenvalue weighted by Crippen LogP contribution is 2.20. The lowest BCUT2D eigenvalue weighted by atomic mass is 10.0. The monoisotopic (exact) mass is 542 g/mol. The molecule has 1 aromatic heterocycles. The van der Waals surface area contributed by atoms with Crippen molar-refractivity contribution in [3.63, 3.8) is 0 Å². The zero-order valence-electron chi connectivity index (χ0n) is 21.9. The number of nitriles is 1. The number of nitrogen functional groups attached to an aromatic ring is 1. The smallest absolute Gasteiger partial charge is 0.274 e. The first kappa shape index (κ1) is 28.9. The number of carbonyl (C=O) groups excluding carboxylic acids is 2. The molecule has 1 saturated heterocycles. The van der Waals surface area contributed by atoms with Gasteiger partial charge in [0, 0.05) is 33.2 Å². The molecule has 4 N–H and O–H groups in total. The number of amides is 2. The van der Waals surface area contributed by atoms with Crippen molar-refractivity contribution in [3.05, 3.63) is 40.7 Å². The zero-order chi connectivity index (χ0) is 27.5. The van der Waals surface area contributed by atoms with Crippen molar-refractivity contribution < 1.29 is 14.3 Å². The minimum Gasteiger partial charge on any atom is -0.484 e. The Kier molecular flexibility index (Phi) is 10.9. The van der Waals surface area contributed by atoms with Crippen LogP contribution < -0.4 is 21.1 Å². The Morgan fingerprint density at radius 3 is 2.79 bits per heavy atom. The molecule has 2 heterocycles. The van der Waals surface area contributed by atoms with Gasteiger partial charge in [-0.1, -0.05) is 23.7 Å². The van der Waals surface area contributed by atoms with Crippen molar-refractivity contribution in [2.75, 3.05) is 57.9 Å². The predicted molar refractivity (Wildman–Crippen MR) is 146 cm³/mol. The van der Waals surface area contributed by atoms with Gasteiger partial charge in [0.05, 0.1) is 12.5 Å². The second-order valence-electron chi connectivity index (χ2n) is 9.22. The summed E-state index contributed by atoms with van der Waals surface area (Å²) in [6.07, 6.45) is 4.08. The van der Waals surface area contributed by atoms with Crippen LogP contribution in [0.25, 0.3) is 0 Å². The Bertz CT molecular complexity index is 1140. The number of piperidine rings is 1. The van der Waals surface area contributed by atoms with Crippen LogP contribution >= 0.6 is 11.6 Å². The molecule has 0 spiro atoms. The maximum Gasteiger partial charge on any atom is 0.274 e. The molecule has 3 rings (SSSR count). The summed E-state index contributed by atoms with van der Waals surface area (Å²) >= 11 is 5.98. The van der Waals surface area contributed by atoms with Gasteiger partial charge in [0.15, 0.2) is 29.1 Å². The van der Waals surface area contributed by atoms with E-state index in [1.54, 1.807) is 14.1 Å². The number of halogens is 1. The number of ether oxygens (including phenoxy) is 1. The predicted octanol–water partition coefficient (Wildman–Crippen LogP) is 2.33. The number of anilines is 2. The molecule has 2 amide bonds. The van der Waals surface area contributed by atoms with Gasteiger partial charge in [0.2, 0.25) is 0 Å². The molecule has 1 aromatic carbocycles. The van der Waals surface area contributed by atoms with E-state index in [0.29, 0.717) is 24.5 Å². The number of aromatic nitrogens is 2. The third-order valence-corrected chi connectivity index (χ3v) is 6.66. The van der Waals surface area contributed by atoms with Crippen molar-refractivity contribution >= 4 is 35.1 Å². The van der Waals surface area contributed by atoms with Gasteiger partial charge in [-0.15, -0.1) is 0 Å². The third kappa shape index (κ3) is 8.46. The largest absolute Gasteiger partial charge is 0.484 e. The Labute approximate surface area is 228 Å². The lowest BCUT2D eigenvalue weighted by Crippen LogP contribution is -2.48. The highest BCUT2D eigenvalue weighted by Gasteiger charge is 2.24. The Morgan fingerprint density at radius 1 is 1.32 bits per heavy atom. The first-order valence-corrected chi connectivity index (χ1v) is 13.0. The van der Waals surface area contributed by atoms with Crippen molar-refractivity contribution in [3.8, 4) is 11.8 Å². The highest BCUT2D eigenvalue weighted by atomic mass is 35.5. The second-order valence-corrected chi connectivity index (χ2v) is 9.58. The zero-order valence-corrected chi connectivity index (χ0v) is 22.6. The minimum atomic E-state index is -0.326. The van der Waals surface area contributed by atoms with Gasteiger partial charge in [-0.25, -0.2) is 9.97 Å². The van der Waals surface area contributed by atoms with E-state index in [1.807, 2.05) is 30.3 Å². The topological polar surface area (TPSA) is 150 Å². The van der Waals surface area contributed by atoms with Crippen LogP contribution in [0.3, 0.4) is 0 Å². The molecule has 11 nitrogen and oxygen atoms in total. The molecule has 1 unspecified atom stereocenters. The molecule has 1 aliphatic heterocycles. The highest BCUT2D eigenvalue weighted by molar-refractivity contribution is 6.31. The summed E-state index contributed by atoms with van der Waals surface area (Å²) in [4.78, 5) is 36.9. The van der Waals surface area contributed by atoms with E-state index in [-0.39, 0.29) is 41.1 Å². The van der Waals surface area contributed by atoms with Crippen LogP contribution in [0.5, 0.6) is 5.75 Å². The average molecular weight is 543 g/mol. The van der Waals surface area contributed by atoms with E-state index in [9.17, 15) is 9.59 Å². The Morgan fingerprint density at radius 2 is 2.08 bits per heavy atom. The number of aryl methyl sites for hydroxylation is 1. The summed E-state index contributed by atoms with van der Waals surface area (Å²) < 4.78 is 5.58. The number of nitrogens with zero attached hydrogens (tertiary/aromatic N) is 5. The number of benzene rings is 1. The minimum absolute atomic E-state index is 0.00659. The molecular formula is C26H35ClN8O3. The lowest BCUT2D eigenvalue weighted by molar-refractivity contribution is -0.131. The van der Waals surface area contributed by atoms with Gasteiger partial charge in [0.1, 0.15) is 5.75 Å². The maximum atomic E-state index is 12.8. The van der Waals surface area contributed by atoms with Gasteiger partial charge in [0.25, 0.3) is 11.8 Å². The summed E-state index contributed by atoms with van der Waals surface area (Å²) in [5.41, 5.74) is 7.02. The van der Waals surface area contributed by atoms with E-state index in [2.05, 4.69) is 25.5 Å². The number of nitrogens with two attached hydrogens (primary N) is 1. The Hall–Kier alpha value is -3.62. The first-order chi connectivity index (χ1) is 18.3. The van der Waals surface area contributed by atoms with E-state index in [0.717, 1.165) is 45.3 Å². The summed E-state index contributed by atoms with van der Waals surface area (Å²) in [5.74, 6) is 0.521. The maximum absolute atomic E-state index is 12.8.